The molecule has 1 unspecified atom stereocenters. The Morgan fingerprint density at radius 2 is 2.00 bits per heavy atom. The Morgan fingerprint density at radius 3 is 2.47 bits per heavy atom. The van der Waals surface area contributed by atoms with E-state index in [0.717, 1.165) is 18.8 Å². The molecule has 0 spiro atoms. The Morgan fingerprint density at radius 1 is 1.37 bits per heavy atom. The zero-order valence-electron chi connectivity index (χ0n) is 12.2. The molecule has 19 heavy (non-hydrogen) atoms. The highest BCUT2D eigenvalue weighted by molar-refractivity contribution is 5.99. The van der Waals surface area contributed by atoms with Crippen molar-refractivity contribution in [1.82, 2.24) is 4.90 Å². The molecule has 1 amide bonds. The van der Waals surface area contributed by atoms with Crippen LogP contribution < -0.4 is 16.4 Å². The maximum Gasteiger partial charge on any atom is 0.250 e. The van der Waals surface area contributed by atoms with Crippen molar-refractivity contribution < 1.29 is 4.79 Å². The normalized spacial score (nSPS) is 12.5. The molecule has 0 saturated heterocycles. The maximum atomic E-state index is 11.6. The molecule has 1 aromatic rings. The molecular weight excluding hydrogens is 240 g/mol. The number of amides is 1. The van der Waals surface area contributed by atoms with E-state index >= 15 is 0 Å². The number of likely N-dealkylation sites (N-methyl/N-ethyl adjacent to an activating group) is 2. The average Bonchev–Trinajstić information content (AvgIpc) is 2.30. The lowest BCUT2D eigenvalue weighted by atomic mass is 10.1. The SMILES string of the molecule is CCN(c1ccc(N)cc1C(N)=O)C(C)CN(C)C. The van der Waals surface area contributed by atoms with Gasteiger partial charge in [0.2, 0.25) is 0 Å². The van der Waals surface area contributed by atoms with E-state index in [4.69, 9.17) is 11.5 Å². The van der Waals surface area contributed by atoms with E-state index in [9.17, 15) is 4.79 Å². The summed E-state index contributed by atoms with van der Waals surface area (Å²) in [6, 6.07) is 5.59. The summed E-state index contributed by atoms with van der Waals surface area (Å²) in [5.41, 5.74) is 13.0. The van der Waals surface area contributed by atoms with E-state index in [1.807, 2.05) is 20.2 Å². The highest BCUT2D eigenvalue weighted by Crippen LogP contribution is 2.24. The van der Waals surface area contributed by atoms with Crippen molar-refractivity contribution in [1.29, 1.82) is 0 Å². The second kappa shape index (κ2) is 6.43. The van der Waals surface area contributed by atoms with Gasteiger partial charge in [0.1, 0.15) is 0 Å². The molecule has 1 atom stereocenters. The number of primary amides is 1. The van der Waals surface area contributed by atoms with Crippen molar-refractivity contribution in [2.45, 2.75) is 19.9 Å². The van der Waals surface area contributed by atoms with E-state index in [1.54, 1.807) is 12.1 Å². The first-order valence-electron chi connectivity index (χ1n) is 6.47. The van der Waals surface area contributed by atoms with Crippen molar-refractivity contribution in [3.05, 3.63) is 23.8 Å². The van der Waals surface area contributed by atoms with Gasteiger partial charge in [0.15, 0.2) is 0 Å². The summed E-state index contributed by atoms with van der Waals surface area (Å²) in [6.45, 7) is 5.90. The molecule has 0 bridgehead atoms. The summed E-state index contributed by atoms with van der Waals surface area (Å²) in [5, 5.41) is 0. The highest BCUT2D eigenvalue weighted by Gasteiger charge is 2.19. The van der Waals surface area contributed by atoms with Crippen LogP contribution >= 0.6 is 0 Å². The Labute approximate surface area is 115 Å². The first-order chi connectivity index (χ1) is 8.86. The van der Waals surface area contributed by atoms with Crippen LogP contribution in [-0.4, -0.2) is 44.0 Å². The molecule has 0 saturated carbocycles. The van der Waals surface area contributed by atoms with E-state index in [2.05, 4.69) is 23.6 Å². The summed E-state index contributed by atoms with van der Waals surface area (Å²) in [5.74, 6) is -0.446. The third kappa shape index (κ3) is 3.86. The van der Waals surface area contributed by atoms with Crippen LogP contribution in [0.15, 0.2) is 18.2 Å². The van der Waals surface area contributed by atoms with Crippen molar-refractivity contribution in [3.8, 4) is 0 Å². The van der Waals surface area contributed by atoms with Gasteiger partial charge in [-0.15, -0.1) is 0 Å². The largest absolute Gasteiger partial charge is 0.399 e. The summed E-state index contributed by atoms with van der Waals surface area (Å²) >= 11 is 0. The van der Waals surface area contributed by atoms with Gasteiger partial charge in [0, 0.05) is 30.5 Å². The molecule has 0 radical (unpaired) electrons. The summed E-state index contributed by atoms with van der Waals surface area (Å²) in [4.78, 5) is 15.9. The Hall–Kier alpha value is -1.75. The summed E-state index contributed by atoms with van der Waals surface area (Å²) in [7, 11) is 4.06. The Bertz CT molecular complexity index is 445. The molecular formula is C14H24N4O. The first kappa shape index (κ1) is 15.3. The van der Waals surface area contributed by atoms with Gasteiger partial charge in [-0.1, -0.05) is 0 Å². The predicted molar refractivity (Wildman–Crippen MR) is 80.4 cm³/mol. The number of rotatable bonds is 6. The number of anilines is 2. The summed E-state index contributed by atoms with van der Waals surface area (Å²) < 4.78 is 0. The minimum Gasteiger partial charge on any atom is -0.399 e. The van der Waals surface area contributed by atoms with Crippen LogP contribution in [0.2, 0.25) is 0 Å². The van der Waals surface area contributed by atoms with Crippen LogP contribution in [0.3, 0.4) is 0 Å². The number of carbonyl (C=O) groups excluding carboxylic acids is 1. The van der Waals surface area contributed by atoms with Crippen molar-refractivity contribution in [2.75, 3.05) is 37.8 Å². The smallest absolute Gasteiger partial charge is 0.250 e. The minimum atomic E-state index is -0.446. The van der Waals surface area contributed by atoms with Crippen LogP contribution in [-0.2, 0) is 0 Å². The molecule has 5 nitrogen and oxygen atoms in total. The van der Waals surface area contributed by atoms with Crippen molar-refractivity contribution >= 4 is 17.3 Å². The zero-order chi connectivity index (χ0) is 14.6. The average molecular weight is 264 g/mol. The fourth-order valence-electron chi connectivity index (χ4n) is 2.35. The number of nitrogen functional groups attached to an aromatic ring is 1. The van der Waals surface area contributed by atoms with E-state index in [0.29, 0.717) is 11.3 Å². The predicted octanol–water partition coefficient (Wildman–Crippen LogP) is 1.14. The second-order valence-electron chi connectivity index (χ2n) is 5.04. The van der Waals surface area contributed by atoms with Crippen LogP contribution in [0.4, 0.5) is 11.4 Å². The molecule has 0 heterocycles. The minimum absolute atomic E-state index is 0.279. The molecule has 106 valence electrons. The topological polar surface area (TPSA) is 75.6 Å². The van der Waals surface area contributed by atoms with E-state index < -0.39 is 5.91 Å². The number of nitrogens with two attached hydrogens (primary N) is 2. The molecule has 4 N–H and O–H groups in total. The van der Waals surface area contributed by atoms with Gasteiger partial charge < -0.3 is 21.3 Å². The summed E-state index contributed by atoms with van der Waals surface area (Å²) in [6.07, 6.45) is 0. The molecule has 0 fully saturated rings. The Kier molecular flexibility index (Phi) is 5.18. The van der Waals surface area contributed by atoms with Gasteiger partial charge in [0.05, 0.1) is 5.56 Å². The molecule has 0 aliphatic rings. The van der Waals surface area contributed by atoms with E-state index in [1.165, 1.54) is 0 Å². The quantitative estimate of drug-likeness (QED) is 0.756. The lowest BCUT2D eigenvalue weighted by Crippen LogP contribution is -2.41. The monoisotopic (exact) mass is 264 g/mol. The fraction of sp³-hybridized carbons (Fsp3) is 0.500. The van der Waals surface area contributed by atoms with Gasteiger partial charge in [-0.05, 0) is 46.1 Å². The standard InChI is InChI=1S/C14H24N4O/c1-5-18(10(2)9-17(3)4)13-7-6-11(15)8-12(13)14(16)19/h6-8,10H,5,9,15H2,1-4H3,(H2,16,19). The highest BCUT2D eigenvalue weighted by atomic mass is 16.1. The maximum absolute atomic E-state index is 11.6. The molecule has 0 aliphatic carbocycles. The molecule has 1 rings (SSSR count). The first-order valence-corrected chi connectivity index (χ1v) is 6.47. The van der Waals surface area contributed by atoms with Gasteiger partial charge in [-0.25, -0.2) is 0 Å². The van der Waals surface area contributed by atoms with Crippen LogP contribution in [0.1, 0.15) is 24.2 Å². The Balaban J connectivity index is 3.14. The molecule has 0 aliphatic heterocycles. The number of carbonyl (C=O) groups is 1. The molecule has 1 aromatic carbocycles. The van der Waals surface area contributed by atoms with Crippen LogP contribution in [0.25, 0.3) is 0 Å². The van der Waals surface area contributed by atoms with Crippen LogP contribution in [0, 0.1) is 0 Å². The number of benzene rings is 1. The van der Waals surface area contributed by atoms with E-state index in [-0.39, 0.29) is 6.04 Å². The molecule has 5 heteroatoms. The van der Waals surface area contributed by atoms with Gasteiger partial charge in [-0.3, -0.25) is 4.79 Å². The number of nitrogens with zero attached hydrogens (tertiary/aromatic N) is 2. The van der Waals surface area contributed by atoms with Gasteiger partial charge >= 0.3 is 0 Å². The van der Waals surface area contributed by atoms with Gasteiger partial charge in [-0.2, -0.15) is 0 Å². The van der Waals surface area contributed by atoms with Crippen molar-refractivity contribution in [2.24, 2.45) is 5.73 Å². The zero-order valence-corrected chi connectivity index (χ0v) is 12.2. The lowest BCUT2D eigenvalue weighted by Gasteiger charge is -2.33. The molecule has 0 aromatic heterocycles. The number of hydrogen-bond donors (Lipinski definition) is 2. The lowest BCUT2D eigenvalue weighted by molar-refractivity contribution is 0.100. The fourth-order valence-corrected chi connectivity index (χ4v) is 2.35. The third-order valence-corrected chi connectivity index (χ3v) is 3.10. The third-order valence-electron chi connectivity index (χ3n) is 3.10. The number of hydrogen-bond acceptors (Lipinski definition) is 4. The van der Waals surface area contributed by atoms with Crippen molar-refractivity contribution in [3.63, 3.8) is 0 Å². The van der Waals surface area contributed by atoms with Crippen LogP contribution in [0.5, 0.6) is 0 Å². The second-order valence-corrected chi connectivity index (χ2v) is 5.04. The van der Waals surface area contributed by atoms with Gasteiger partial charge in [0.25, 0.3) is 5.91 Å².